The Bertz CT molecular complexity index is 867. The second-order valence-corrected chi connectivity index (χ2v) is 6.61. The molecule has 0 saturated carbocycles. The number of halogens is 1. The van der Waals surface area contributed by atoms with Gasteiger partial charge >= 0.3 is 0 Å². The van der Waals surface area contributed by atoms with Crippen LogP contribution in [0.1, 0.15) is 20.7 Å². The van der Waals surface area contributed by atoms with Crippen LogP contribution in [-0.2, 0) is 0 Å². The van der Waals surface area contributed by atoms with Crippen LogP contribution in [0.5, 0.6) is 17.2 Å². The van der Waals surface area contributed by atoms with E-state index in [2.05, 4.69) is 21.2 Å². The summed E-state index contributed by atoms with van der Waals surface area (Å²) in [6, 6.07) is 8.06. The molecule has 144 valence electrons. The third-order valence-corrected chi connectivity index (χ3v) is 4.44. The van der Waals surface area contributed by atoms with Crippen LogP contribution in [0.15, 0.2) is 34.8 Å². The Morgan fingerprint density at radius 2 is 1.52 bits per heavy atom. The number of rotatable bonds is 6. The standard InChI is InChI=1S/C19H21BrN2O5/c1-22(2)19(24)12-9-16(26-4)17(27-5)10-14(12)21-18(23)11-6-7-15(25-3)13(20)8-11/h6-10H,1-5H3,(H,21,23). The molecular weight excluding hydrogens is 416 g/mol. The zero-order valence-corrected chi connectivity index (χ0v) is 17.3. The van der Waals surface area contributed by atoms with Gasteiger partial charge < -0.3 is 24.4 Å². The van der Waals surface area contributed by atoms with Crippen molar-refractivity contribution in [2.24, 2.45) is 0 Å². The highest BCUT2D eigenvalue weighted by molar-refractivity contribution is 9.10. The van der Waals surface area contributed by atoms with E-state index in [4.69, 9.17) is 14.2 Å². The third kappa shape index (κ3) is 4.51. The molecule has 0 aromatic heterocycles. The monoisotopic (exact) mass is 436 g/mol. The van der Waals surface area contributed by atoms with Gasteiger partial charge in [-0.25, -0.2) is 0 Å². The Kier molecular flexibility index (Phi) is 6.68. The number of carbonyl (C=O) groups excluding carboxylic acids is 2. The summed E-state index contributed by atoms with van der Waals surface area (Å²) < 4.78 is 16.4. The summed E-state index contributed by atoms with van der Waals surface area (Å²) in [6.45, 7) is 0. The predicted molar refractivity (Wildman–Crippen MR) is 106 cm³/mol. The average molecular weight is 437 g/mol. The van der Waals surface area contributed by atoms with Gasteiger partial charge in [-0.1, -0.05) is 0 Å². The number of benzene rings is 2. The van der Waals surface area contributed by atoms with E-state index in [1.54, 1.807) is 51.5 Å². The smallest absolute Gasteiger partial charge is 0.255 e. The summed E-state index contributed by atoms with van der Waals surface area (Å²) >= 11 is 3.36. The summed E-state index contributed by atoms with van der Waals surface area (Å²) in [4.78, 5) is 26.7. The van der Waals surface area contributed by atoms with Crippen molar-refractivity contribution in [2.75, 3.05) is 40.7 Å². The average Bonchev–Trinajstić information content (AvgIpc) is 2.66. The fraction of sp³-hybridized carbons (Fsp3) is 0.263. The molecule has 0 radical (unpaired) electrons. The fourth-order valence-electron chi connectivity index (χ4n) is 2.40. The van der Waals surface area contributed by atoms with E-state index in [1.165, 1.54) is 19.1 Å². The molecule has 0 aliphatic carbocycles. The molecule has 0 unspecified atom stereocenters. The predicted octanol–water partition coefficient (Wildman–Crippen LogP) is 3.43. The second kappa shape index (κ2) is 8.77. The van der Waals surface area contributed by atoms with E-state index in [1.807, 2.05) is 0 Å². The maximum absolute atomic E-state index is 12.7. The summed E-state index contributed by atoms with van der Waals surface area (Å²) in [7, 11) is 7.77. The first-order valence-corrected chi connectivity index (χ1v) is 8.74. The van der Waals surface area contributed by atoms with E-state index in [9.17, 15) is 9.59 Å². The SMILES string of the molecule is COc1ccc(C(=O)Nc2cc(OC)c(OC)cc2C(=O)N(C)C)cc1Br. The molecule has 2 rings (SSSR count). The molecule has 1 N–H and O–H groups in total. The van der Waals surface area contributed by atoms with Crippen molar-refractivity contribution in [3.05, 3.63) is 45.9 Å². The number of nitrogens with one attached hydrogen (secondary N) is 1. The lowest BCUT2D eigenvalue weighted by Crippen LogP contribution is -2.24. The molecule has 27 heavy (non-hydrogen) atoms. The lowest BCUT2D eigenvalue weighted by molar-refractivity contribution is 0.0828. The van der Waals surface area contributed by atoms with Gasteiger partial charge in [0.15, 0.2) is 11.5 Å². The van der Waals surface area contributed by atoms with Crippen molar-refractivity contribution >= 4 is 33.4 Å². The number of carbonyl (C=O) groups is 2. The molecule has 0 bridgehead atoms. The van der Waals surface area contributed by atoms with Gasteiger partial charge in [0.1, 0.15) is 5.75 Å². The molecule has 7 nitrogen and oxygen atoms in total. The van der Waals surface area contributed by atoms with Crippen LogP contribution < -0.4 is 19.5 Å². The van der Waals surface area contributed by atoms with Gasteiger partial charge in [0.05, 0.1) is 37.1 Å². The maximum atomic E-state index is 12.7. The van der Waals surface area contributed by atoms with E-state index >= 15 is 0 Å². The quantitative estimate of drug-likeness (QED) is 0.750. The maximum Gasteiger partial charge on any atom is 0.255 e. The Morgan fingerprint density at radius 3 is 2.04 bits per heavy atom. The van der Waals surface area contributed by atoms with Crippen LogP contribution in [0.25, 0.3) is 0 Å². The van der Waals surface area contributed by atoms with E-state index in [0.717, 1.165) is 0 Å². The van der Waals surface area contributed by atoms with Crippen molar-refractivity contribution < 1.29 is 23.8 Å². The molecule has 0 saturated heterocycles. The number of ether oxygens (including phenoxy) is 3. The van der Waals surface area contributed by atoms with Crippen molar-refractivity contribution in [3.63, 3.8) is 0 Å². The number of hydrogen-bond donors (Lipinski definition) is 1. The van der Waals surface area contributed by atoms with Gasteiger partial charge in [0.2, 0.25) is 0 Å². The molecule has 0 aliphatic heterocycles. The van der Waals surface area contributed by atoms with Gasteiger partial charge in [-0.05, 0) is 40.2 Å². The van der Waals surface area contributed by atoms with Crippen LogP contribution in [0.4, 0.5) is 5.69 Å². The summed E-state index contributed by atoms with van der Waals surface area (Å²) in [5.74, 6) is 0.758. The molecule has 0 heterocycles. The van der Waals surface area contributed by atoms with Gasteiger partial charge in [-0.3, -0.25) is 9.59 Å². The Morgan fingerprint density at radius 1 is 0.926 bits per heavy atom. The number of nitrogens with zero attached hydrogens (tertiary/aromatic N) is 1. The second-order valence-electron chi connectivity index (χ2n) is 5.76. The molecule has 0 fully saturated rings. The summed E-state index contributed by atoms with van der Waals surface area (Å²) in [5.41, 5.74) is 1.02. The van der Waals surface area contributed by atoms with Crippen LogP contribution in [0, 0.1) is 0 Å². The molecule has 8 heteroatoms. The first-order valence-electron chi connectivity index (χ1n) is 7.95. The fourth-order valence-corrected chi connectivity index (χ4v) is 2.94. The Hall–Kier alpha value is -2.74. The first kappa shape index (κ1) is 20.6. The largest absolute Gasteiger partial charge is 0.496 e. The van der Waals surface area contributed by atoms with Crippen molar-refractivity contribution in [1.29, 1.82) is 0 Å². The molecule has 2 amide bonds. The highest BCUT2D eigenvalue weighted by Gasteiger charge is 2.20. The van der Waals surface area contributed by atoms with E-state index < -0.39 is 0 Å². The van der Waals surface area contributed by atoms with Crippen LogP contribution in [0.3, 0.4) is 0 Å². The first-order chi connectivity index (χ1) is 12.8. The molecule has 2 aromatic carbocycles. The minimum absolute atomic E-state index is 0.276. The van der Waals surface area contributed by atoms with Gasteiger partial charge in [0.25, 0.3) is 11.8 Å². The summed E-state index contributed by atoms with van der Waals surface area (Å²) in [5, 5.41) is 2.77. The Balaban J connectivity index is 2.45. The number of amides is 2. The minimum atomic E-state index is -0.377. The van der Waals surface area contributed by atoms with Crippen molar-refractivity contribution in [1.82, 2.24) is 4.90 Å². The molecule has 2 aromatic rings. The molecule has 0 spiro atoms. The van der Waals surface area contributed by atoms with Crippen LogP contribution in [0.2, 0.25) is 0 Å². The highest BCUT2D eigenvalue weighted by Crippen LogP contribution is 2.34. The van der Waals surface area contributed by atoms with Gasteiger partial charge in [0, 0.05) is 25.7 Å². The molecule has 0 aliphatic rings. The topological polar surface area (TPSA) is 77.1 Å². The number of hydrogen-bond acceptors (Lipinski definition) is 5. The highest BCUT2D eigenvalue weighted by atomic mass is 79.9. The number of methoxy groups -OCH3 is 3. The van der Waals surface area contributed by atoms with E-state index in [-0.39, 0.29) is 11.8 Å². The zero-order chi connectivity index (χ0) is 20.1. The lowest BCUT2D eigenvalue weighted by atomic mass is 10.1. The lowest BCUT2D eigenvalue weighted by Gasteiger charge is -2.18. The zero-order valence-electron chi connectivity index (χ0n) is 15.8. The third-order valence-electron chi connectivity index (χ3n) is 3.82. The minimum Gasteiger partial charge on any atom is -0.496 e. The normalized spacial score (nSPS) is 10.1. The van der Waals surface area contributed by atoms with Crippen molar-refractivity contribution in [2.45, 2.75) is 0 Å². The van der Waals surface area contributed by atoms with E-state index in [0.29, 0.717) is 38.5 Å². The summed E-state index contributed by atoms with van der Waals surface area (Å²) in [6.07, 6.45) is 0. The van der Waals surface area contributed by atoms with Crippen LogP contribution in [-0.4, -0.2) is 52.1 Å². The van der Waals surface area contributed by atoms with Crippen molar-refractivity contribution in [3.8, 4) is 17.2 Å². The van der Waals surface area contributed by atoms with Crippen LogP contribution >= 0.6 is 15.9 Å². The number of anilines is 1. The molecule has 0 atom stereocenters. The Labute approximate surface area is 166 Å². The molecular formula is C19H21BrN2O5. The van der Waals surface area contributed by atoms with Gasteiger partial charge in [-0.15, -0.1) is 0 Å². The van der Waals surface area contributed by atoms with Gasteiger partial charge in [-0.2, -0.15) is 0 Å².